The molecule has 0 radical (unpaired) electrons. The van der Waals surface area contributed by atoms with Gasteiger partial charge in [0, 0.05) is 24.7 Å². The Bertz CT molecular complexity index is 567. The third-order valence-corrected chi connectivity index (χ3v) is 6.00. The fourth-order valence-corrected chi connectivity index (χ4v) is 3.39. The molecule has 0 bridgehead atoms. The Morgan fingerprint density at radius 1 is 1.33 bits per heavy atom. The minimum atomic E-state index is -0.666. The van der Waals surface area contributed by atoms with Gasteiger partial charge in [-0.25, -0.2) is 0 Å². The molecule has 1 aliphatic rings. The van der Waals surface area contributed by atoms with Crippen LogP contribution in [0.3, 0.4) is 0 Å². The number of carbonyl (C=O) groups is 1. The molecule has 1 aromatic rings. The average Bonchev–Trinajstić information content (AvgIpc) is 3.04. The minimum absolute atomic E-state index is 0.0203. The zero-order chi connectivity index (χ0) is 18.0. The van der Waals surface area contributed by atoms with Gasteiger partial charge in [0.15, 0.2) is 0 Å². The lowest BCUT2D eigenvalue weighted by Crippen LogP contribution is -2.55. The van der Waals surface area contributed by atoms with Crippen LogP contribution in [0.1, 0.15) is 45.5 Å². The molecule has 1 aliphatic heterocycles. The van der Waals surface area contributed by atoms with Crippen molar-refractivity contribution in [2.45, 2.75) is 57.5 Å². The van der Waals surface area contributed by atoms with E-state index in [0.717, 1.165) is 26.1 Å². The minimum Gasteiger partial charge on any atom is -0.395 e. The van der Waals surface area contributed by atoms with E-state index in [1.165, 1.54) is 11.3 Å². The number of nitrogens with one attached hydrogen (secondary N) is 1. The lowest BCUT2D eigenvalue weighted by Gasteiger charge is -2.41. The largest absolute Gasteiger partial charge is 0.395 e. The van der Waals surface area contributed by atoms with Crippen molar-refractivity contribution in [3.8, 4) is 0 Å². The van der Waals surface area contributed by atoms with Crippen LogP contribution in [0.5, 0.6) is 0 Å². The van der Waals surface area contributed by atoms with Crippen molar-refractivity contribution in [1.29, 1.82) is 0 Å². The number of hydrogen-bond acceptors (Lipinski definition) is 7. The van der Waals surface area contributed by atoms with Crippen molar-refractivity contribution in [1.82, 2.24) is 15.1 Å². The summed E-state index contributed by atoms with van der Waals surface area (Å²) in [5, 5.41) is 21.6. The lowest BCUT2D eigenvalue weighted by atomic mass is 9.96. The molecule has 2 heterocycles. The maximum absolute atomic E-state index is 12.8. The lowest BCUT2D eigenvalue weighted by molar-refractivity contribution is -0.128. The molecule has 1 fully saturated rings. The number of hydrogen-bond donors (Lipinski definition) is 2. The van der Waals surface area contributed by atoms with Crippen LogP contribution < -0.4 is 5.32 Å². The van der Waals surface area contributed by atoms with Gasteiger partial charge in [0.05, 0.1) is 12.1 Å². The van der Waals surface area contributed by atoms with Gasteiger partial charge in [0.25, 0.3) is 0 Å². The summed E-state index contributed by atoms with van der Waals surface area (Å²) in [4.78, 5) is 14.9. The third-order valence-electron chi connectivity index (χ3n) is 4.80. The van der Waals surface area contributed by atoms with E-state index in [1.54, 1.807) is 0 Å². The van der Waals surface area contributed by atoms with Gasteiger partial charge in [0.2, 0.25) is 11.0 Å². The van der Waals surface area contributed by atoms with Gasteiger partial charge in [0.1, 0.15) is 5.01 Å². The maximum Gasteiger partial charge on any atom is 0.246 e. The molecule has 136 valence electrons. The van der Waals surface area contributed by atoms with E-state index in [0.29, 0.717) is 16.2 Å². The van der Waals surface area contributed by atoms with Gasteiger partial charge >= 0.3 is 0 Å². The quantitative estimate of drug-likeness (QED) is 0.806. The van der Waals surface area contributed by atoms with E-state index in [9.17, 15) is 9.90 Å². The fourth-order valence-electron chi connectivity index (χ4n) is 2.55. The summed E-state index contributed by atoms with van der Waals surface area (Å²) in [6.07, 6.45) is 1.86. The van der Waals surface area contributed by atoms with Crippen molar-refractivity contribution in [3.63, 3.8) is 0 Å². The summed E-state index contributed by atoms with van der Waals surface area (Å²) in [6.45, 7) is 9.07. The summed E-state index contributed by atoms with van der Waals surface area (Å²) in [7, 11) is 1.98. The molecule has 8 heteroatoms. The van der Waals surface area contributed by atoms with Gasteiger partial charge in [-0.1, -0.05) is 25.2 Å². The van der Waals surface area contributed by atoms with E-state index in [4.69, 9.17) is 4.74 Å². The number of aliphatic hydroxyl groups excluding tert-OH is 1. The highest BCUT2D eigenvalue weighted by Crippen LogP contribution is 2.29. The predicted molar refractivity (Wildman–Crippen MR) is 94.3 cm³/mol. The molecule has 0 atom stereocenters. The van der Waals surface area contributed by atoms with Crippen molar-refractivity contribution >= 4 is 22.4 Å². The number of likely N-dealkylation sites (N-methyl/N-ethyl adjacent to an activating group) is 1. The Morgan fingerprint density at radius 3 is 2.54 bits per heavy atom. The summed E-state index contributed by atoms with van der Waals surface area (Å²) in [5.74, 6) is -0.110. The van der Waals surface area contributed by atoms with Gasteiger partial charge in [-0.15, -0.1) is 10.2 Å². The van der Waals surface area contributed by atoms with Crippen LogP contribution in [0, 0.1) is 0 Å². The van der Waals surface area contributed by atoms with Crippen LogP contribution in [0.25, 0.3) is 0 Å². The number of aliphatic hydroxyl groups is 1. The first kappa shape index (κ1) is 19.2. The van der Waals surface area contributed by atoms with Crippen LogP contribution in [-0.4, -0.2) is 64.6 Å². The molecular weight excluding hydrogens is 328 g/mol. The Kier molecular flexibility index (Phi) is 5.95. The highest BCUT2D eigenvalue weighted by molar-refractivity contribution is 7.15. The van der Waals surface area contributed by atoms with E-state index in [2.05, 4.69) is 20.4 Å². The SMILES string of the molecule is CN(C1CCOCC1)C(C)(C)C(=O)Nc1nnc(C(C)(C)CO)s1. The first-order valence-corrected chi connectivity index (χ1v) is 9.07. The van der Waals surface area contributed by atoms with Crippen LogP contribution in [0.2, 0.25) is 0 Å². The topological polar surface area (TPSA) is 87.6 Å². The van der Waals surface area contributed by atoms with Crippen molar-refractivity contribution < 1.29 is 14.6 Å². The summed E-state index contributed by atoms with van der Waals surface area (Å²) >= 11 is 1.30. The summed E-state index contributed by atoms with van der Waals surface area (Å²) in [5.41, 5.74) is -1.13. The number of ether oxygens (including phenoxy) is 1. The Balaban J connectivity index is 2.05. The second kappa shape index (κ2) is 7.43. The molecule has 2 rings (SSSR count). The van der Waals surface area contributed by atoms with Crippen molar-refractivity contribution in [2.24, 2.45) is 0 Å². The molecule has 0 saturated carbocycles. The maximum atomic E-state index is 12.8. The van der Waals surface area contributed by atoms with Crippen LogP contribution >= 0.6 is 11.3 Å². The highest BCUT2D eigenvalue weighted by atomic mass is 32.1. The number of amides is 1. The fraction of sp³-hybridized carbons (Fsp3) is 0.812. The monoisotopic (exact) mass is 356 g/mol. The zero-order valence-corrected chi connectivity index (χ0v) is 15.9. The molecule has 1 amide bonds. The van der Waals surface area contributed by atoms with Crippen LogP contribution in [-0.2, 0) is 14.9 Å². The molecule has 2 N–H and O–H groups in total. The van der Waals surface area contributed by atoms with Crippen molar-refractivity contribution in [3.05, 3.63) is 5.01 Å². The summed E-state index contributed by atoms with van der Waals surface area (Å²) in [6, 6.07) is 0.331. The van der Waals surface area contributed by atoms with Gasteiger partial charge in [-0.2, -0.15) is 0 Å². The molecule has 0 aromatic carbocycles. The second-order valence-electron chi connectivity index (χ2n) is 7.42. The van der Waals surface area contributed by atoms with Crippen LogP contribution in [0.15, 0.2) is 0 Å². The molecule has 24 heavy (non-hydrogen) atoms. The predicted octanol–water partition coefficient (Wildman–Crippen LogP) is 1.64. The molecule has 7 nitrogen and oxygen atoms in total. The summed E-state index contributed by atoms with van der Waals surface area (Å²) < 4.78 is 5.40. The number of rotatable bonds is 6. The number of anilines is 1. The standard InChI is InChI=1S/C16H28N4O3S/c1-15(2,10-21)13-18-19-14(24-13)17-12(22)16(3,4)20(5)11-6-8-23-9-7-11/h11,21H,6-10H2,1-5H3,(H,17,19,22). The van der Waals surface area contributed by atoms with Gasteiger partial charge in [-0.3, -0.25) is 15.0 Å². The number of aromatic nitrogens is 2. The van der Waals surface area contributed by atoms with E-state index in [1.807, 2.05) is 34.7 Å². The van der Waals surface area contributed by atoms with Crippen LogP contribution in [0.4, 0.5) is 5.13 Å². The number of nitrogens with zero attached hydrogens (tertiary/aromatic N) is 3. The molecule has 0 unspecified atom stereocenters. The molecule has 0 spiro atoms. The Hall–Kier alpha value is -1.09. The second-order valence-corrected chi connectivity index (χ2v) is 8.40. The van der Waals surface area contributed by atoms with Crippen molar-refractivity contribution in [2.75, 3.05) is 32.2 Å². The zero-order valence-electron chi connectivity index (χ0n) is 15.1. The van der Waals surface area contributed by atoms with E-state index < -0.39 is 11.0 Å². The normalized spacial score (nSPS) is 17.3. The Labute approximate surface area is 147 Å². The van der Waals surface area contributed by atoms with Gasteiger partial charge in [-0.05, 0) is 33.7 Å². The first-order valence-electron chi connectivity index (χ1n) is 8.25. The Morgan fingerprint density at radius 2 is 1.96 bits per heavy atom. The molecular formula is C16H28N4O3S. The van der Waals surface area contributed by atoms with E-state index in [-0.39, 0.29) is 12.5 Å². The molecule has 0 aliphatic carbocycles. The number of carbonyl (C=O) groups excluding carboxylic acids is 1. The molecule has 1 aromatic heterocycles. The average molecular weight is 356 g/mol. The third kappa shape index (κ3) is 4.11. The smallest absolute Gasteiger partial charge is 0.246 e. The van der Waals surface area contributed by atoms with E-state index >= 15 is 0 Å². The first-order chi connectivity index (χ1) is 11.2. The highest BCUT2D eigenvalue weighted by Gasteiger charge is 2.37. The van der Waals surface area contributed by atoms with Gasteiger partial charge < -0.3 is 9.84 Å². The molecule has 1 saturated heterocycles.